The lowest BCUT2D eigenvalue weighted by atomic mass is 10.0. The second-order valence-electron chi connectivity index (χ2n) is 7.64. The molecule has 1 N–H and O–H groups in total. The summed E-state index contributed by atoms with van der Waals surface area (Å²) in [6.07, 6.45) is -0.255. The van der Waals surface area contributed by atoms with E-state index in [4.69, 9.17) is 9.47 Å². The molecule has 2 aromatic carbocycles. The highest BCUT2D eigenvalue weighted by molar-refractivity contribution is 5.74. The third-order valence-corrected chi connectivity index (χ3v) is 4.99. The fourth-order valence-electron chi connectivity index (χ4n) is 3.29. The Morgan fingerprint density at radius 3 is 2.22 bits per heavy atom. The smallest absolute Gasteiger partial charge is 0.408 e. The van der Waals surface area contributed by atoms with Gasteiger partial charge in [0.05, 0.1) is 13.2 Å². The second kappa shape index (κ2) is 11.0. The number of hydrogen-bond acceptors (Lipinski definition) is 7. The third kappa shape index (κ3) is 5.90. The lowest BCUT2D eigenvalue weighted by molar-refractivity contribution is -0.145. The van der Waals surface area contributed by atoms with E-state index < -0.39 is 24.1 Å². The van der Waals surface area contributed by atoms with Crippen LogP contribution in [0, 0.1) is 5.92 Å². The topological polar surface area (TPSA) is 108 Å². The second-order valence-corrected chi connectivity index (χ2v) is 7.64. The number of amides is 1. The van der Waals surface area contributed by atoms with Crippen LogP contribution in [0.25, 0.3) is 0 Å². The summed E-state index contributed by atoms with van der Waals surface area (Å²) in [5, 5.41) is 14.8. The molecule has 0 radical (unpaired) electrons. The highest BCUT2D eigenvalue weighted by Crippen LogP contribution is 2.24. The molecule has 3 aromatic rings. The average Bonchev–Trinajstić information content (AvgIpc) is 3.29. The lowest BCUT2D eigenvalue weighted by Crippen LogP contribution is -2.36. The van der Waals surface area contributed by atoms with E-state index in [1.54, 1.807) is 0 Å². The summed E-state index contributed by atoms with van der Waals surface area (Å²) >= 11 is 0. The van der Waals surface area contributed by atoms with Gasteiger partial charge in [0.15, 0.2) is 11.9 Å². The molecule has 0 aliphatic carbocycles. The molecule has 0 bridgehead atoms. The van der Waals surface area contributed by atoms with Crippen molar-refractivity contribution in [1.82, 2.24) is 25.5 Å². The Hall–Kier alpha value is -3.75. The van der Waals surface area contributed by atoms with Gasteiger partial charge in [-0.3, -0.25) is 0 Å². The summed E-state index contributed by atoms with van der Waals surface area (Å²) in [7, 11) is 1.32. The van der Waals surface area contributed by atoms with Gasteiger partial charge in [0.1, 0.15) is 6.61 Å². The molecule has 0 saturated heterocycles. The van der Waals surface area contributed by atoms with E-state index in [1.807, 2.05) is 74.5 Å². The molecule has 3 rings (SSSR count). The first-order valence-corrected chi connectivity index (χ1v) is 10.4. The van der Waals surface area contributed by atoms with Crippen LogP contribution in [0.4, 0.5) is 4.79 Å². The number of aromatic nitrogens is 4. The minimum Gasteiger partial charge on any atom is -0.467 e. The number of carbonyl (C=O) groups is 2. The first-order chi connectivity index (χ1) is 15.5. The predicted octanol–water partition coefficient (Wildman–Crippen LogP) is 3.25. The zero-order valence-electron chi connectivity index (χ0n) is 18.3. The van der Waals surface area contributed by atoms with Gasteiger partial charge in [-0.1, -0.05) is 74.5 Å². The molecule has 0 saturated carbocycles. The van der Waals surface area contributed by atoms with Gasteiger partial charge < -0.3 is 14.8 Å². The van der Waals surface area contributed by atoms with Crippen LogP contribution in [-0.2, 0) is 27.3 Å². The lowest BCUT2D eigenvalue weighted by Gasteiger charge is -2.23. The summed E-state index contributed by atoms with van der Waals surface area (Å²) in [4.78, 5) is 25.1. The van der Waals surface area contributed by atoms with Gasteiger partial charge in [-0.2, -0.15) is 0 Å². The minimum absolute atomic E-state index is 0.0703. The van der Waals surface area contributed by atoms with Gasteiger partial charge in [-0.25, -0.2) is 14.3 Å². The molecule has 1 heterocycles. The molecule has 168 valence electrons. The van der Waals surface area contributed by atoms with Crippen LogP contribution in [0.15, 0.2) is 60.7 Å². The van der Waals surface area contributed by atoms with Crippen LogP contribution < -0.4 is 5.32 Å². The predicted molar refractivity (Wildman–Crippen MR) is 116 cm³/mol. The quantitative estimate of drug-likeness (QED) is 0.512. The highest BCUT2D eigenvalue weighted by atomic mass is 16.5. The van der Waals surface area contributed by atoms with E-state index in [1.165, 1.54) is 11.8 Å². The van der Waals surface area contributed by atoms with Crippen molar-refractivity contribution in [3.63, 3.8) is 0 Å². The Labute approximate surface area is 186 Å². The van der Waals surface area contributed by atoms with E-state index in [9.17, 15) is 9.59 Å². The molecule has 9 nitrogen and oxygen atoms in total. The first kappa shape index (κ1) is 22.9. The summed E-state index contributed by atoms with van der Waals surface area (Å²) in [6, 6.07) is 17.6. The number of rotatable bonds is 9. The fourth-order valence-corrected chi connectivity index (χ4v) is 3.29. The molecular formula is C23H27N5O4. The van der Waals surface area contributed by atoms with E-state index >= 15 is 0 Å². The Bertz CT molecular complexity index is 1010. The van der Waals surface area contributed by atoms with Crippen molar-refractivity contribution in [2.45, 2.75) is 39.0 Å². The van der Waals surface area contributed by atoms with Crippen LogP contribution in [0.3, 0.4) is 0 Å². The Morgan fingerprint density at radius 1 is 1.00 bits per heavy atom. The van der Waals surface area contributed by atoms with E-state index in [2.05, 4.69) is 20.8 Å². The Balaban J connectivity index is 1.79. The summed E-state index contributed by atoms with van der Waals surface area (Å²) < 4.78 is 11.8. The maximum absolute atomic E-state index is 12.6. The van der Waals surface area contributed by atoms with E-state index in [-0.39, 0.29) is 12.5 Å². The van der Waals surface area contributed by atoms with Crippen molar-refractivity contribution in [3.8, 4) is 0 Å². The Morgan fingerprint density at radius 2 is 1.62 bits per heavy atom. The number of benzene rings is 2. The number of alkyl carbamates (subject to hydrolysis) is 1. The molecule has 0 fully saturated rings. The number of nitrogens with one attached hydrogen (secondary N) is 1. The van der Waals surface area contributed by atoms with E-state index in [0.717, 1.165) is 11.1 Å². The summed E-state index contributed by atoms with van der Waals surface area (Å²) in [5.74, 6) is -0.196. The number of tetrazole rings is 1. The molecule has 0 spiro atoms. The van der Waals surface area contributed by atoms with Gasteiger partial charge in [-0.05, 0) is 27.5 Å². The molecule has 1 aromatic heterocycles. The number of esters is 1. The highest BCUT2D eigenvalue weighted by Gasteiger charge is 2.32. The van der Waals surface area contributed by atoms with Crippen molar-refractivity contribution in [1.29, 1.82) is 0 Å². The SMILES string of the molecule is COC(=O)[C@H](Cc1ccccc1)n1nnnc1C(NC(=O)OCc1ccccc1)C(C)C. The third-order valence-electron chi connectivity index (χ3n) is 4.99. The average molecular weight is 438 g/mol. The zero-order valence-corrected chi connectivity index (χ0v) is 18.3. The Kier molecular flexibility index (Phi) is 7.91. The van der Waals surface area contributed by atoms with Crippen molar-refractivity contribution in [2.75, 3.05) is 7.11 Å². The maximum atomic E-state index is 12.6. The number of nitrogens with zero attached hydrogens (tertiary/aromatic N) is 4. The van der Waals surface area contributed by atoms with Gasteiger partial charge in [0, 0.05) is 6.42 Å². The number of methoxy groups -OCH3 is 1. The van der Waals surface area contributed by atoms with Gasteiger partial charge in [0.25, 0.3) is 0 Å². The standard InChI is InChI=1S/C23H27N5O4/c1-16(2)20(24-23(30)32-15-18-12-8-5-9-13-18)21-25-26-27-28(21)19(22(29)31-3)14-17-10-6-4-7-11-17/h4-13,16,19-20H,14-15H2,1-3H3,(H,24,30)/t19-,20?/m0/s1. The molecule has 1 amide bonds. The minimum atomic E-state index is -0.782. The van der Waals surface area contributed by atoms with Crippen molar-refractivity contribution >= 4 is 12.1 Å². The van der Waals surface area contributed by atoms with Crippen molar-refractivity contribution in [2.24, 2.45) is 5.92 Å². The van der Waals surface area contributed by atoms with Crippen molar-refractivity contribution < 1.29 is 19.1 Å². The zero-order chi connectivity index (χ0) is 22.9. The number of ether oxygens (including phenoxy) is 2. The molecule has 2 atom stereocenters. The van der Waals surface area contributed by atoms with E-state index in [0.29, 0.717) is 12.2 Å². The normalized spacial score (nSPS) is 12.8. The number of carbonyl (C=O) groups excluding carboxylic acids is 2. The van der Waals surface area contributed by atoms with Gasteiger partial charge in [0.2, 0.25) is 0 Å². The summed E-state index contributed by atoms with van der Waals surface area (Å²) in [5.41, 5.74) is 1.81. The summed E-state index contributed by atoms with van der Waals surface area (Å²) in [6.45, 7) is 3.98. The molecular weight excluding hydrogens is 410 g/mol. The van der Waals surface area contributed by atoms with Crippen LogP contribution in [-0.4, -0.2) is 39.4 Å². The monoisotopic (exact) mass is 437 g/mol. The molecule has 9 heteroatoms. The first-order valence-electron chi connectivity index (χ1n) is 10.4. The van der Waals surface area contributed by atoms with Gasteiger partial charge >= 0.3 is 12.1 Å². The van der Waals surface area contributed by atoms with Crippen LogP contribution >= 0.6 is 0 Å². The molecule has 0 aliphatic rings. The van der Waals surface area contributed by atoms with Crippen LogP contribution in [0.1, 0.15) is 42.9 Å². The molecule has 32 heavy (non-hydrogen) atoms. The largest absolute Gasteiger partial charge is 0.467 e. The van der Waals surface area contributed by atoms with Crippen molar-refractivity contribution in [3.05, 3.63) is 77.6 Å². The number of hydrogen-bond donors (Lipinski definition) is 1. The fraction of sp³-hybridized carbons (Fsp3) is 0.348. The molecule has 0 aliphatic heterocycles. The van der Waals surface area contributed by atoms with Gasteiger partial charge in [-0.15, -0.1) is 5.10 Å². The van der Waals surface area contributed by atoms with Crippen LogP contribution in [0.2, 0.25) is 0 Å². The van der Waals surface area contributed by atoms with Crippen LogP contribution in [0.5, 0.6) is 0 Å². The maximum Gasteiger partial charge on any atom is 0.408 e. The molecule has 1 unspecified atom stereocenters.